The van der Waals surface area contributed by atoms with Crippen LogP contribution in [0.5, 0.6) is 0 Å². The Hall–Kier alpha value is -1.45. The minimum Gasteiger partial charge on any atom is -0.790 e. The zero-order valence-electron chi connectivity index (χ0n) is 23.3. The number of allylic oxidation sites excluding steroid dienone is 11. The monoisotopic (exact) mass is 504 g/mol. The summed E-state index contributed by atoms with van der Waals surface area (Å²) in [6.45, 7) is 14.9. The van der Waals surface area contributed by atoms with E-state index in [1.807, 2.05) is 6.92 Å². The number of hydrogen-bond acceptors (Lipinski definition) is 4. The smallest absolute Gasteiger partial charge is 0.0702 e. The van der Waals surface area contributed by atoms with E-state index in [9.17, 15) is 14.4 Å². The molecule has 0 unspecified atom stereocenters. The second-order valence-electron chi connectivity index (χ2n) is 9.97. The summed E-state index contributed by atoms with van der Waals surface area (Å²) in [6, 6.07) is 0. The lowest BCUT2D eigenvalue weighted by molar-refractivity contribution is -0.340. The Bertz CT molecular complexity index is 830. The van der Waals surface area contributed by atoms with Crippen molar-refractivity contribution in [1.82, 2.24) is 0 Å². The van der Waals surface area contributed by atoms with Gasteiger partial charge in [-0.05, 0) is 113 Å². The minimum absolute atomic E-state index is 0.175. The first-order valence-corrected chi connectivity index (χ1v) is 14.4. The van der Waals surface area contributed by atoms with Crippen molar-refractivity contribution in [2.75, 3.05) is 6.61 Å². The van der Waals surface area contributed by atoms with Gasteiger partial charge in [0.2, 0.25) is 0 Å². The van der Waals surface area contributed by atoms with Crippen LogP contribution in [0.25, 0.3) is 0 Å². The lowest BCUT2D eigenvalue weighted by atomic mass is 10.0. The van der Waals surface area contributed by atoms with Gasteiger partial charge < -0.3 is 18.9 Å². The van der Waals surface area contributed by atoms with E-state index in [1.54, 1.807) is 6.08 Å². The maximum Gasteiger partial charge on any atom is 0.0702 e. The Morgan fingerprint density at radius 1 is 0.543 bits per heavy atom. The normalized spacial score (nSPS) is 14.5. The van der Waals surface area contributed by atoms with Gasteiger partial charge >= 0.3 is 0 Å². The molecule has 0 saturated carbocycles. The van der Waals surface area contributed by atoms with E-state index in [0.29, 0.717) is 0 Å². The maximum atomic E-state index is 10.5. The fourth-order valence-electron chi connectivity index (χ4n) is 3.55. The van der Waals surface area contributed by atoms with Crippen LogP contribution in [0.15, 0.2) is 69.9 Å². The molecule has 5 heteroatoms. The van der Waals surface area contributed by atoms with Crippen molar-refractivity contribution in [3.8, 4) is 0 Å². The molecule has 0 aromatic heterocycles. The SMILES string of the molecule is CC(C)=CCC/C(C)=C/CC/C(C)=C\CC/C(C)=C\CC/C(C)=C\CC/C(C)=C\COP(=O)([O-])[O-]. The summed E-state index contributed by atoms with van der Waals surface area (Å²) >= 11 is 0. The molecule has 0 aromatic carbocycles. The lowest BCUT2D eigenvalue weighted by Gasteiger charge is -2.27. The zero-order valence-corrected chi connectivity index (χ0v) is 24.2. The average Bonchev–Trinajstić information content (AvgIpc) is 2.72. The Kier molecular flexibility index (Phi) is 18.9. The second-order valence-corrected chi connectivity index (χ2v) is 11.1. The summed E-state index contributed by atoms with van der Waals surface area (Å²) in [5.74, 6) is 0. The molecule has 0 bridgehead atoms. The van der Waals surface area contributed by atoms with Gasteiger partial charge in [0, 0.05) is 0 Å². The summed E-state index contributed by atoms with van der Waals surface area (Å²) in [5.41, 5.74) is 8.21. The molecule has 200 valence electrons. The molecular formula is C30H49O4P-2. The molecule has 4 nitrogen and oxygen atoms in total. The van der Waals surface area contributed by atoms with Crippen molar-refractivity contribution in [3.63, 3.8) is 0 Å². The van der Waals surface area contributed by atoms with Crippen LogP contribution in [0.1, 0.15) is 113 Å². The van der Waals surface area contributed by atoms with Crippen LogP contribution < -0.4 is 9.79 Å². The number of phosphoric ester groups is 1. The third kappa shape index (κ3) is 24.0. The van der Waals surface area contributed by atoms with Gasteiger partial charge in [-0.15, -0.1) is 0 Å². The van der Waals surface area contributed by atoms with E-state index in [1.165, 1.54) is 27.9 Å². The van der Waals surface area contributed by atoms with Gasteiger partial charge in [0.1, 0.15) is 0 Å². The predicted molar refractivity (Wildman–Crippen MR) is 148 cm³/mol. The molecule has 0 amide bonds. The van der Waals surface area contributed by atoms with Gasteiger partial charge in [-0.1, -0.05) is 69.9 Å². The first kappa shape index (κ1) is 33.5. The Morgan fingerprint density at radius 2 is 0.829 bits per heavy atom. The summed E-state index contributed by atoms with van der Waals surface area (Å²) in [6.07, 6.45) is 24.0. The molecule has 0 aliphatic heterocycles. The Balaban J connectivity index is 4.14. The molecule has 0 N–H and O–H groups in total. The summed E-state index contributed by atoms with van der Waals surface area (Å²) in [7, 11) is -4.88. The fourth-order valence-corrected chi connectivity index (χ4v) is 3.81. The largest absolute Gasteiger partial charge is 0.790 e. The van der Waals surface area contributed by atoms with Gasteiger partial charge in [0.05, 0.1) is 14.4 Å². The predicted octanol–water partition coefficient (Wildman–Crippen LogP) is 8.43. The molecule has 0 atom stereocenters. The van der Waals surface area contributed by atoms with E-state index >= 15 is 0 Å². The molecule has 0 saturated heterocycles. The number of phosphoric acid groups is 1. The van der Waals surface area contributed by atoms with Crippen molar-refractivity contribution in [1.29, 1.82) is 0 Å². The van der Waals surface area contributed by atoms with E-state index in [-0.39, 0.29) is 6.61 Å². The highest BCUT2D eigenvalue weighted by Crippen LogP contribution is 2.24. The van der Waals surface area contributed by atoms with Crippen molar-refractivity contribution in [2.45, 2.75) is 113 Å². The van der Waals surface area contributed by atoms with E-state index in [2.05, 4.69) is 76.4 Å². The van der Waals surface area contributed by atoms with Crippen molar-refractivity contribution >= 4 is 7.82 Å². The maximum absolute atomic E-state index is 10.5. The van der Waals surface area contributed by atoms with Gasteiger partial charge in [0.15, 0.2) is 0 Å². The van der Waals surface area contributed by atoms with Crippen LogP contribution in [-0.4, -0.2) is 6.61 Å². The zero-order chi connectivity index (χ0) is 26.7. The quantitative estimate of drug-likeness (QED) is 0.139. The van der Waals surface area contributed by atoms with Gasteiger partial charge in [-0.25, -0.2) is 0 Å². The Morgan fingerprint density at radius 3 is 1.11 bits per heavy atom. The first-order valence-electron chi connectivity index (χ1n) is 13.0. The number of rotatable bonds is 18. The van der Waals surface area contributed by atoms with E-state index < -0.39 is 7.82 Å². The number of hydrogen-bond donors (Lipinski definition) is 0. The summed E-state index contributed by atoms with van der Waals surface area (Å²) in [4.78, 5) is 20.9. The van der Waals surface area contributed by atoms with Crippen LogP contribution in [0, 0.1) is 0 Å². The van der Waals surface area contributed by atoms with Crippen LogP contribution in [0.3, 0.4) is 0 Å². The standard InChI is InChI=1S/C30H51O4P/c1-25(2)13-8-14-26(3)15-9-16-27(4)17-10-18-28(5)19-11-20-29(6)21-12-22-30(7)23-24-34-35(31,32)33/h13,15,17,19,21,23H,8-12,14,16,18,20,22,24H2,1-7H3,(H2,31,32,33)/p-2/b26-15+,27-17-,28-19-,29-21-,30-23-. The second kappa shape index (κ2) is 19.7. The van der Waals surface area contributed by atoms with Crippen molar-refractivity contribution in [2.24, 2.45) is 0 Å². The van der Waals surface area contributed by atoms with Crippen molar-refractivity contribution in [3.05, 3.63) is 69.9 Å². The minimum atomic E-state index is -4.88. The molecule has 0 radical (unpaired) electrons. The van der Waals surface area contributed by atoms with E-state index in [4.69, 9.17) is 0 Å². The van der Waals surface area contributed by atoms with Crippen LogP contribution in [-0.2, 0) is 9.09 Å². The highest BCUT2D eigenvalue weighted by molar-refractivity contribution is 7.43. The van der Waals surface area contributed by atoms with Crippen LogP contribution in [0.2, 0.25) is 0 Å². The molecule has 0 rings (SSSR count). The fraction of sp³-hybridized carbons (Fsp3) is 0.600. The molecule has 0 aromatic rings. The highest BCUT2D eigenvalue weighted by atomic mass is 31.2. The molecule has 0 aliphatic rings. The molecular weight excluding hydrogens is 455 g/mol. The summed E-state index contributed by atoms with van der Waals surface area (Å²) in [5, 5.41) is 0. The Labute approximate surface area is 215 Å². The summed E-state index contributed by atoms with van der Waals surface area (Å²) < 4.78 is 14.7. The van der Waals surface area contributed by atoms with Crippen LogP contribution >= 0.6 is 7.82 Å². The van der Waals surface area contributed by atoms with Gasteiger partial charge in [-0.2, -0.15) is 0 Å². The molecule has 0 aliphatic carbocycles. The molecule has 0 fully saturated rings. The first-order chi connectivity index (χ1) is 16.4. The third-order valence-electron chi connectivity index (χ3n) is 5.88. The highest BCUT2D eigenvalue weighted by Gasteiger charge is 1.96. The molecule has 0 heterocycles. The van der Waals surface area contributed by atoms with Crippen molar-refractivity contribution < 1.29 is 18.9 Å². The average molecular weight is 505 g/mol. The van der Waals surface area contributed by atoms with Gasteiger partial charge in [0.25, 0.3) is 0 Å². The molecule has 0 spiro atoms. The lowest BCUT2D eigenvalue weighted by Crippen LogP contribution is -2.16. The van der Waals surface area contributed by atoms with E-state index in [0.717, 1.165) is 69.8 Å². The van der Waals surface area contributed by atoms with Gasteiger partial charge in [-0.3, -0.25) is 0 Å². The third-order valence-corrected chi connectivity index (χ3v) is 6.35. The molecule has 35 heavy (non-hydrogen) atoms. The topological polar surface area (TPSA) is 72.4 Å². The van der Waals surface area contributed by atoms with Crippen LogP contribution in [0.4, 0.5) is 0 Å².